The molecule has 1 atom stereocenters. The van der Waals surface area contributed by atoms with Crippen molar-refractivity contribution in [2.45, 2.75) is 35.1 Å². The molecule has 1 aliphatic rings. The number of hydrogen-bond donors (Lipinski definition) is 1. The van der Waals surface area contributed by atoms with E-state index in [0.717, 1.165) is 53.7 Å². The second kappa shape index (κ2) is 7.60. The lowest BCUT2D eigenvalue weighted by molar-refractivity contribution is 0.601. The molecule has 4 rings (SSSR count). The van der Waals surface area contributed by atoms with Crippen LogP contribution >= 0.6 is 35.0 Å². The van der Waals surface area contributed by atoms with E-state index in [9.17, 15) is 0 Å². The van der Waals surface area contributed by atoms with Gasteiger partial charge in [-0.2, -0.15) is 0 Å². The minimum absolute atomic E-state index is 0.260. The third-order valence-corrected chi connectivity index (χ3v) is 6.47. The Bertz CT molecular complexity index is 931. The van der Waals surface area contributed by atoms with E-state index in [1.807, 2.05) is 22.7 Å². The summed E-state index contributed by atoms with van der Waals surface area (Å²) in [6.45, 7) is 1.81. The maximum atomic E-state index is 6.32. The molecule has 1 aromatic carbocycles. The van der Waals surface area contributed by atoms with Crippen molar-refractivity contribution >= 4 is 46.6 Å². The first-order chi connectivity index (χ1) is 12.6. The van der Waals surface area contributed by atoms with Crippen LogP contribution in [-0.2, 0) is 0 Å². The maximum absolute atomic E-state index is 6.32. The summed E-state index contributed by atoms with van der Waals surface area (Å²) in [6.07, 6.45) is 6.59. The molecular weight excluding hydrogens is 391 g/mol. The number of nitrogens with zero attached hydrogens (tertiary/aromatic N) is 5. The van der Waals surface area contributed by atoms with Crippen molar-refractivity contribution in [3.8, 4) is 0 Å². The molecule has 1 aliphatic heterocycles. The van der Waals surface area contributed by atoms with Gasteiger partial charge < -0.3 is 10.6 Å². The summed E-state index contributed by atoms with van der Waals surface area (Å²) in [6, 6.07) is 5.83. The SMILES string of the molecule is NC1CCCN(c2ncc(Sc3cccc(Cl)c3Cl)c3nncn23)CC1. The summed E-state index contributed by atoms with van der Waals surface area (Å²) < 4.78 is 1.93. The minimum Gasteiger partial charge on any atom is -0.342 e. The second-order valence-electron chi connectivity index (χ2n) is 6.28. The van der Waals surface area contributed by atoms with Crippen LogP contribution in [0.2, 0.25) is 10.0 Å². The maximum Gasteiger partial charge on any atom is 0.212 e. The van der Waals surface area contributed by atoms with Crippen LogP contribution in [0.25, 0.3) is 5.65 Å². The van der Waals surface area contributed by atoms with Gasteiger partial charge >= 0.3 is 0 Å². The molecule has 2 aromatic heterocycles. The van der Waals surface area contributed by atoms with E-state index >= 15 is 0 Å². The fourth-order valence-electron chi connectivity index (χ4n) is 3.10. The molecule has 1 unspecified atom stereocenters. The first kappa shape index (κ1) is 17.9. The predicted molar refractivity (Wildman–Crippen MR) is 105 cm³/mol. The van der Waals surface area contributed by atoms with Crippen molar-refractivity contribution in [3.63, 3.8) is 0 Å². The van der Waals surface area contributed by atoms with Crippen LogP contribution in [0, 0.1) is 0 Å². The van der Waals surface area contributed by atoms with E-state index in [4.69, 9.17) is 28.9 Å². The number of benzene rings is 1. The number of nitrogens with two attached hydrogens (primary N) is 1. The molecule has 1 saturated heterocycles. The van der Waals surface area contributed by atoms with Gasteiger partial charge in [-0.15, -0.1) is 10.2 Å². The summed E-state index contributed by atoms with van der Waals surface area (Å²) in [4.78, 5) is 8.68. The van der Waals surface area contributed by atoms with Crippen molar-refractivity contribution in [1.82, 2.24) is 19.6 Å². The van der Waals surface area contributed by atoms with E-state index in [-0.39, 0.29) is 6.04 Å². The van der Waals surface area contributed by atoms with Gasteiger partial charge in [0, 0.05) is 30.2 Å². The second-order valence-corrected chi connectivity index (χ2v) is 8.15. The molecule has 136 valence electrons. The van der Waals surface area contributed by atoms with E-state index < -0.39 is 0 Å². The zero-order valence-electron chi connectivity index (χ0n) is 14.0. The molecule has 0 radical (unpaired) electrons. The third kappa shape index (κ3) is 3.49. The predicted octanol–water partition coefficient (Wildman–Crippen LogP) is 3.90. The Morgan fingerprint density at radius 1 is 1.15 bits per heavy atom. The molecule has 1 fully saturated rings. The molecule has 6 nitrogen and oxygen atoms in total. The highest BCUT2D eigenvalue weighted by molar-refractivity contribution is 7.99. The van der Waals surface area contributed by atoms with Gasteiger partial charge in [-0.05, 0) is 31.4 Å². The monoisotopic (exact) mass is 408 g/mol. The topological polar surface area (TPSA) is 72.3 Å². The van der Waals surface area contributed by atoms with Gasteiger partial charge in [0.1, 0.15) is 6.33 Å². The molecule has 2 N–H and O–H groups in total. The van der Waals surface area contributed by atoms with Gasteiger partial charge in [0.2, 0.25) is 5.95 Å². The van der Waals surface area contributed by atoms with E-state index in [0.29, 0.717) is 10.0 Å². The minimum atomic E-state index is 0.260. The van der Waals surface area contributed by atoms with Crippen molar-refractivity contribution < 1.29 is 0 Å². The van der Waals surface area contributed by atoms with Crippen LogP contribution in [-0.4, -0.2) is 38.7 Å². The lowest BCUT2D eigenvalue weighted by atomic mass is 10.1. The molecule has 9 heteroatoms. The lowest BCUT2D eigenvalue weighted by Gasteiger charge is -2.22. The van der Waals surface area contributed by atoms with Crippen LogP contribution in [0.5, 0.6) is 0 Å². The zero-order valence-corrected chi connectivity index (χ0v) is 16.3. The summed E-state index contributed by atoms with van der Waals surface area (Å²) >= 11 is 13.9. The largest absolute Gasteiger partial charge is 0.342 e. The Morgan fingerprint density at radius 2 is 2.04 bits per heavy atom. The lowest BCUT2D eigenvalue weighted by Crippen LogP contribution is -2.28. The molecule has 0 aliphatic carbocycles. The molecule has 0 bridgehead atoms. The summed E-state index contributed by atoms with van der Waals surface area (Å²) in [5.74, 6) is 0.848. The van der Waals surface area contributed by atoms with Gasteiger partial charge in [-0.1, -0.05) is 41.0 Å². The molecule has 0 amide bonds. The first-order valence-corrected chi connectivity index (χ1v) is 10.0. The molecule has 0 saturated carbocycles. The van der Waals surface area contributed by atoms with E-state index in [1.54, 1.807) is 12.4 Å². The molecule has 3 aromatic rings. The van der Waals surface area contributed by atoms with Gasteiger partial charge in [-0.25, -0.2) is 9.38 Å². The normalized spacial score (nSPS) is 18.3. The Kier molecular flexibility index (Phi) is 5.22. The number of halogens is 2. The highest BCUT2D eigenvalue weighted by Crippen LogP contribution is 2.38. The summed E-state index contributed by atoms with van der Waals surface area (Å²) in [7, 11) is 0. The van der Waals surface area contributed by atoms with Crippen LogP contribution in [0.1, 0.15) is 19.3 Å². The fraction of sp³-hybridized carbons (Fsp3) is 0.353. The molecule has 0 spiro atoms. The standard InChI is InChI=1S/C17H18Cl2N6S/c18-12-4-1-5-13(15(12)19)26-14-9-21-17(25-10-22-23-16(14)25)24-7-2-3-11(20)6-8-24/h1,4-5,9-11H,2-3,6-8,20H2. The number of fused-ring (bicyclic) bond motifs is 1. The Morgan fingerprint density at radius 3 is 2.92 bits per heavy atom. The highest BCUT2D eigenvalue weighted by atomic mass is 35.5. The van der Waals surface area contributed by atoms with Gasteiger partial charge in [-0.3, -0.25) is 0 Å². The number of rotatable bonds is 3. The first-order valence-electron chi connectivity index (χ1n) is 8.44. The molecule has 3 heterocycles. The van der Waals surface area contributed by atoms with Gasteiger partial charge in [0.15, 0.2) is 5.65 Å². The van der Waals surface area contributed by atoms with Crippen molar-refractivity contribution in [2.24, 2.45) is 5.73 Å². The van der Waals surface area contributed by atoms with Crippen LogP contribution in [0.3, 0.4) is 0 Å². The number of hydrogen-bond acceptors (Lipinski definition) is 6. The zero-order chi connectivity index (χ0) is 18.1. The quantitative estimate of drug-likeness (QED) is 0.708. The van der Waals surface area contributed by atoms with Crippen molar-refractivity contribution in [1.29, 1.82) is 0 Å². The highest BCUT2D eigenvalue weighted by Gasteiger charge is 2.20. The molecule has 26 heavy (non-hydrogen) atoms. The van der Waals surface area contributed by atoms with E-state index in [1.165, 1.54) is 11.8 Å². The van der Waals surface area contributed by atoms with Gasteiger partial charge in [0.25, 0.3) is 0 Å². The van der Waals surface area contributed by atoms with Crippen molar-refractivity contribution in [2.75, 3.05) is 18.0 Å². The van der Waals surface area contributed by atoms with Crippen LogP contribution in [0.4, 0.5) is 5.95 Å². The Balaban J connectivity index is 1.69. The smallest absolute Gasteiger partial charge is 0.212 e. The van der Waals surface area contributed by atoms with E-state index in [2.05, 4.69) is 20.1 Å². The number of anilines is 1. The summed E-state index contributed by atoms with van der Waals surface area (Å²) in [5.41, 5.74) is 6.85. The molecular formula is C17H18Cl2N6S. The average Bonchev–Trinajstić information content (AvgIpc) is 3.03. The fourth-order valence-corrected chi connectivity index (χ4v) is 4.49. The summed E-state index contributed by atoms with van der Waals surface area (Å²) in [5, 5.41) is 9.43. The van der Waals surface area contributed by atoms with Crippen LogP contribution < -0.4 is 10.6 Å². The Hall–Kier alpha value is -1.54. The Labute approximate surface area is 165 Å². The van der Waals surface area contributed by atoms with Gasteiger partial charge in [0.05, 0.1) is 14.9 Å². The van der Waals surface area contributed by atoms with Crippen LogP contribution in [0.15, 0.2) is 40.5 Å². The third-order valence-electron chi connectivity index (χ3n) is 4.47. The van der Waals surface area contributed by atoms with Crippen molar-refractivity contribution in [3.05, 3.63) is 40.8 Å². The average molecular weight is 409 g/mol. The number of aromatic nitrogens is 4.